The van der Waals surface area contributed by atoms with Crippen LogP contribution in [0.5, 0.6) is 0 Å². The highest BCUT2D eigenvalue weighted by Crippen LogP contribution is 2.04. The minimum Gasteiger partial charge on any atom is -0.338 e. The second-order valence-corrected chi connectivity index (χ2v) is 4.95. The minimum atomic E-state index is -0.234. The molecule has 6 heteroatoms. The predicted octanol–water partition coefficient (Wildman–Crippen LogP) is 2.10. The largest absolute Gasteiger partial charge is 0.338 e. The monoisotopic (exact) mass is 273 g/mol. The number of aromatic nitrogens is 3. The van der Waals surface area contributed by atoms with Crippen LogP contribution in [0, 0.1) is 5.92 Å². The number of hydrogen-bond donors (Lipinski definition) is 2. The summed E-state index contributed by atoms with van der Waals surface area (Å²) in [6.07, 6.45) is 3.56. The van der Waals surface area contributed by atoms with Crippen molar-refractivity contribution in [3.8, 4) is 0 Å². The average Bonchev–Trinajstić information content (AvgIpc) is 2.85. The third-order valence-electron chi connectivity index (χ3n) is 2.60. The van der Waals surface area contributed by atoms with Gasteiger partial charge in [0.2, 0.25) is 0 Å². The molecular weight excluding hydrogens is 254 g/mol. The lowest BCUT2D eigenvalue weighted by Gasteiger charge is -2.07. The predicted molar refractivity (Wildman–Crippen MR) is 77.4 cm³/mol. The molecule has 0 saturated carbocycles. The van der Waals surface area contributed by atoms with Gasteiger partial charge in [0.1, 0.15) is 0 Å². The van der Waals surface area contributed by atoms with Crippen molar-refractivity contribution in [3.63, 3.8) is 0 Å². The quantitative estimate of drug-likeness (QED) is 0.876. The van der Waals surface area contributed by atoms with Gasteiger partial charge in [0, 0.05) is 25.0 Å². The molecule has 0 aliphatic carbocycles. The highest BCUT2D eigenvalue weighted by atomic mass is 16.2. The van der Waals surface area contributed by atoms with Gasteiger partial charge >= 0.3 is 6.03 Å². The molecule has 0 aliphatic heterocycles. The number of carbonyl (C=O) groups is 1. The van der Waals surface area contributed by atoms with Gasteiger partial charge in [0.25, 0.3) is 0 Å². The molecule has 0 fully saturated rings. The zero-order chi connectivity index (χ0) is 14.4. The van der Waals surface area contributed by atoms with Crippen molar-refractivity contribution < 1.29 is 4.79 Å². The van der Waals surface area contributed by atoms with E-state index in [2.05, 4.69) is 20.7 Å². The smallest absolute Gasteiger partial charge is 0.320 e. The first-order chi connectivity index (χ1) is 9.63. The molecule has 0 bridgehead atoms. The summed E-state index contributed by atoms with van der Waals surface area (Å²) in [5.74, 6) is 0.949. The van der Waals surface area contributed by atoms with Crippen LogP contribution in [-0.2, 0) is 6.54 Å². The van der Waals surface area contributed by atoms with Crippen LogP contribution >= 0.6 is 0 Å². The number of nitrogens with one attached hydrogen (secondary N) is 2. The summed E-state index contributed by atoms with van der Waals surface area (Å²) < 4.78 is 1.74. The number of rotatable bonds is 5. The lowest BCUT2D eigenvalue weighted by molar-refractivity contribution is 0.251. The van der Waals surface area contributed by atoms with E-state index in [1.54, 1.807) is 16.9 Å². The molecule has 0 unspecified atom stereocenters. The van der Waals surface area contributed by atoms with E-state index in [1.807, 2.05) is 38.2 Å². The number of carbonyl (C=O) groups excluding carboxylic acids is 1. The van der Waals surface area contributed by atoms with Crippen LogP contribution in [-0.4, -0.2) is 27.3 Å². The van der Waals surface area contributed by atoms with Crippen LogP contribution in [0.2, 0.25) is 0 Å². The van der Waals surface area contributed by atoms with Gasteiger partial charge in [-0.15, -0.1) is 0 Å². The number of anilines is 1. The van der Waals surface area contributed by atoms with Gasteiger partial charge < -0.3 is 5.32 Å². The van der Waals surface area contributed by atoms with Crippen LogP contribution in [0.3, 0.4) is 0 Å². The highest BCUT2D eigenvalue weighted by Gasteiger charge is 2.05. The fourth-order valence-corrected chi connectivity index (χ4v) is 1.63. The second-order valence-electron chi connectivity index (χ2n) is 4.95. The van der Waals surface area contributed by atoms with E-state index in [0.717, 1.165) is 5.69 Å². The molecule has 0 radical (unpaired) electrons. The Balaban J connectivity index is 1.87. The normalized spacial score (nSPS) is 10.6. The summed E-state index contributed by atoms with van der Waals surface area (Å²) >= 11 is 0. The van der Waals surface area contributed by atoms with Gasteiger partial charge in [0.05, 0.1) is 12.2 Å². The van der Waals surface area contributed by atoms with E-state index >= 15 is 0 Å². The molecule has 2 aromatic rings. The molecule has 2 N–H and O–H groups in total. The molecule has 0 saturated heterocycles. The summed E-state index contributed by atoms with van der Waals surface area (Å²) in [7, 11) is 0. The number of urea groups is 1. The van der Waals surface area contributed by atoms with Gasteiger partial charge in [-0.1, -0.05) is 19.9 Å². The number of hydrogen-bond acceptors (Lipinski definition) is 3. The van der Waals surface area contributed by atoms with Crippen LogP contribution in [0.25, 0.3) is 0 Å². The van der Waals surface area contributed by atoms with E-state index in [4.69, 9.17) is 0 Å². The molecule has 0 spiro atoms. The summed E-state index contributed by atoms with van der Waals surface area (Å²) in [6, 6.07) is 7.27. The summed E-state index contributed by atoms with van der Waals surface area (Å²) in [5.41, 5.74) is 0.923. The van der Waals surface area contributed by atoms with Crippen molar-refractivity contribution in [2.45, 2.75) is 20.4 Å². The maximum absolute atomic E-state index is 11.6. The van der Waals surface area contributed by atoms with Crippen molar-refractivity contribution >= 4 is 11.8 Å². The van der Waals surface area contributed by atoms with Crippen LogP contribution in [0.15, 0.2) is 36.7 Å². The Morgan fingerprint density at radius 2 is 2.20 bits per heavy atom. The SMILES string of the molecule is CC(C)CNC(=O)Nc1ccn(Cc2ccccn2)n1. The molecule has 2 amide bonds. The van der Waals surface area contributed by atoms with E-state index in [-0.39, 0.29) is 6.03 Å². The molecule has 106 valence electrons. The summed E-state index contributed by atoms with van der Waals surface area (Å²) in [6.45, 7) is 5.31. The first kappa shape index (κ1) is 14.0. The van der Waals surface area contributed by atoms with Crippen molar-refractivity contribution in [2.24, 2.45) is 5.92 Å². The Bertz CT molecular complexity index is 550. The molecular formula is C14H19N5O. The van der Waals surface area contributed by atoms with Crippen LogP contribution in [0.1, 0.15) is 19.5 Å². The average molecular weight is 273 g/mol. The topological polar surface area (TPSA) is 71.8 Å². The van der Waals surface area contributed by atoms with Crippen molar-refractivity contribution in [1.29, 1.82) is 0 Å². The minimum absolute atomic E-state index is 0.234. The Morgan fingerprint density at radius 3 is 2.90 bits per heavy atom. The third-order valence-corrected chi connectivity index (χ3v) is 2.60. The van der Waals surface area contributed by atoms with Crippen LogP contribution < -0.4 is 10.6 Å². The third kappa shape index (κ3) is 4.38. The van der Waals surface area contributed by atoms with Crippen molar-refractivity contribution in [3.05, 3.63) is 42.4 Å². The van der Waals surface area contributed by atoms with E-state index in [9.17, 15) is 4.79 Å². The standard InChI is InChI=1S/C14H19N5O/c1-11(2)9-16-14(20)17-13-6-8-19(18-13)10-12-5-3-4-7-15-12/h3-8,11H,9-10H2,1-2H3,(H2,16,17,18,20). The fraction of sp³-hybridized carbons (Fsp3) is 0.357. The van der Waals surface area contributed by atoms with Crippen molar-refractivity contribution in [1.82, 2.24) is 20.1 Å². The van der Waals surface area contributed by atoms with Gasteiger partial charge in [-0.05, 0) is 18.1 Å². The lowest BCUT2D eigenvalue weighted by atomic mass is 10.2. The van der Waals surface area contributed by atoms with Gasteiger partial charge in [-0.25, -0.2) is 4.79 Å². The molecule has 2 rings (SSSR count). The fourth-order valence-electron chi connectivity index (χ4n) is 1.63. The number of pyridine rings is 1. The lowest BCUT2D eigenvalue weighted by Crippen LogP contribution is -2.31. The Labute approximate surface area is 118 Å². The molecule has 0 aromatic carbocycles. The molecule has 0 atom stereocenters. The maximum Gasteiger partial charge on any atom is 0.320 e. The van der Waals surface area contributed by atoms with Crippen molar-refractivity contribution in [2.75, 3.05) is 11.9 Å². The molecule has 2 heterocycles. The van der Waals surface area contributed by atoms with E-state index < -0.39 is 0 Å². The van der Waals surface area contributed by atoms with Crippen LogP contribution in [0.4, 0.5) is 10.6 Å². The Morgan fingerprint density at radius 1 is 1.35 bits per heavy atom. The zero-order valence-corrected chi connectivity index (χ0v) is 11.7. The van der Waals surface area contributed by atoms with E-state index in [1.165, 1.54) is 0 Å². The molecule has 20 heavy (non-hydrogen) atoms. The number of nitrogens with zero attached hydrogens (tertiary/aromatic N) is 3. The maximum atomic E-state index is 11.6. The first-order valence-corrected chi connectivity index (χ1v) is 6.61. The number of amides is 2. The second kappa shape index (κ2) is 6.70. The first-order valence-electron chi connectivity index (χ1n) is 6.61. The molecule has 6 nitrogen and oxygen atoms in total. The summed E-state index contributed by atoms with van der Waals surface area (Å²) in [5, 5.41) is 9.76. The van der Waals surface area contributed by atoms with Gasteiger partial charge in [-0.2, -0.15) is 5.10 Å². The Hall–Kier alpha value is -2.37. The Kier molecular flexibility index (Phi) is 4.70. The van der Waals surface area contributed by atoms with Gasteiger partial charge in [0.15, 0.2) is 5.82 Å². The van der Waals surface area contributed by atoms with Gasteiger partial charge in [-0.3, -0.25) is 15.0 Å². The molecule has 2 aromatic heterocycles. The highest BCUT2D eigenvalue weighted by molar-refractivity contribution is 5.88. The van der Waals surface area contributed by atoms with E-state index in [0.29, 0.717) is 24.8 Å². The summed E-state index contributed by atoms with van der Waals surface area (Å²) in [4.78, 5) is 15.8. The zero-order valence-electron chi connectivity index (χ0n) is 11.7. The molecule has 0 aliphatic rings.